The van der Waals surface area contributed by atoms with Gasteiger partial charge in [0, 0.05) is 18.0 Å². The van der Waals surface area contributed by atoms with Crippen molar-refractivity contribution in [2.24, 2.45) is 0 Å². The van der Waals surface area contributed by atoms with Gasteiger partial charge in [0.2, 0.25) is 5.95 Å². The lowest BCUT2D eigenvalue weighted by molar-refractivity contribution is 0.153. The van der Waals surface area contributed by atoms with Crippen LogP contribution in [0.25, 0.3) is 0 Å². The van der Waals surface area contributed by atoms with Crippen LogP contribution in [0.15, 0.2) is 36.4 Å². The molecule has 1 aromatic heterocycles. The zero-order valence-electron chi connectivity index (χ0n) is 12.6. The summed E-state index contributed by atoms with van der Waals surface area (Å²) in [5, 5.41) is 0. The molecule has 0 saturated heterocycles. The van der Waals surface area contributed by atoms with Gasteiger partial charge in [-0.1, -0.05) is 24.1 Å². The molecule has 0 atom stereocenters. The van der Waals surface area contributed by atoms with Crippen molar-refractivity contribution in [2.45, 2.75) is 20.8 Å². The second kappa shape index (κ2) is 7.41. The second-order valence-electron chi connectivity index (χ2n) is 4.46. The summed E-state index contributed by atoms with van der Waals surface area (Å²) < 4.78 is 5.55. The van der Waals surface area contributed by atoms with Crippen LogP contribution in [0, 0.1) is 18.8 Å². The molecule has 0 spiro atoms. The zero-order valence-corrected chi connectivity index (χ0v) is 12.6. The van der Waals surface area contributed by atoms with Gasteiger partial charge < -0.3 is 4.74 Å². The van der Waals surface area contributed by atoms with Crippen LogP contribution in [0.1, 0.15) is 25.2 Å². The molecule has 2 aromatic rings. The molecule has 0 fully saturated rings. The van der Waals surface area contributed by atoms with Gasteiger partial charge in [0.05, 0.1) is 0 Å². The van der Waals surface area contributed by atoms with Gasteiger partial charge in [-0.15, -0.1) is 0 Å². The number of para-hydroxylation sites is 1. The average Bonchev–Trinajstić information content (AvgIpc) is 2.48. The number of anilines is 2. The van der Waals surface area contributed by atoms with E-state index in [1.165, 1.54) is 0 Å². The lowest BCUT2D eigenvalue weighted by Crippen LogP contribution is -2.23. The van der Waals surface area contributed by atoms with Crippen molar-refractivity contribution in [2.75, 3.05) is 18.2 Å². The van der Waals surface area contributed by atoms with Gasteiger partial charge in [0.1, 0.15) is 12.4 Å². The molecule has 2 rings (SSSR count). The van der Waals surface area contributed by atoms with Gasteiger partial charge in [-0.3, -0.25) is 4.90 Å². The number of aryl methyl sites for hydroxylation is 1. The van der Waals surface area contributed by atoms with Crippen LogP contribution in [0.4, 0.5) is 11.6 Å². The average molecular weight is 281 g/mol. The predicted octanol–water partition coefficient (Wildman–Crippen LogP) is 3.29. The van der Waals surface area contributed by atoms with Crippen molar-refractivity contribution < 1.29 is 4.74 Å². The Morgan fingerprint density at radius 2 is 1.95 bits per heavy atom. The highest BCUT2D eigenvalue weighted by atomic mass is 16.5. The van der Waals surface area contributed by atoms with Crippen LogP contribution in [0.3, 0.4) is 0 Å². The molecule has 1 heterocycles. The van der Waals surface area contributed by atoms with E-state index in [0.29, 0.717) is 19.3 Å². The van der Waals surface area contributed by atoms with Crippen LogP contribution < -0.4 is 4.90 Å². The number of nitrogens with zero attached hydrogens (tertiary/aromatic N) is 3. The first-order valence-corrected chi connectivity index (χ1v) is 6.93. The highest BCUT2D eigenvalue weighted by Crippen LogP contribution is 2.22. The SMILES string of the molecule is CC#Cc1cc(C)nc(N(COCC)c2ccccc2)n1. The molecular formula is C17H19N3O. The van der Waals surface area contributed by atoms with Crippen molar-refractivity contribution >= 4 is 11.6 Å². The molecule has 0 bridgehead atoms. The van der Waals surface area contributed by atoms with E-state index in [1.54, 1.807) is 6.92 Å². The summed E-state index contributed by atoms with van der Waals surface area (Å²) in [5.74, 6) is 6.46. The maximum absolute atomic E-state index is 5.55. The Hall–Kier alpha value is -2.38. The summed E-state index contributed by atoms with van der Waals surface area (Å²) in [7, 11) is 0. The third kappa shape index (κ3) is 4.04. The fourth-order valence-corrected chi connectivity index (χ4v) is 1.90. The largest absolute Gasteiger partial charge is 0.361 e. The van der Waals surface area contributed by atoms with Gasteiger partial charge in [-0.05, 0) is 44.9 Å². The van der Waals surface area contributed by atoms with Gasteiger partial charge in [0.15, 0.2) is 0 Å². The molecule has 0 aliphatic rings. The number of aromatic nitrogens is 2. The number of ether oxygens (including phenoxy) is 1. The summed E-state index contributed by atoms with van der Waals surface area (Å²) in [6, 6.07) is 11.8. The first kappa shape index (κ1) is 15.0. The van der Waals surface area contributed by atoms with Gasteiger partial charge >= 0.3 is 0 Å². The van der Waals surface area contributed by atoms with Gasteiger partial charge in [0.25, 0.3) is 0 Å². The minimum absolute atomic E-state index is 0.406. The molecule has 4 nitrogen and oxygen atoms in total. The molecule has 1 aromatic carbocycles. The third-order valence-corrected chi connectivity index (χ3v) is 2.83. The zero-order chi connectivity index (χ0) is 15.1. The molecule has 0 N–H and O–H groups in total. The van der Waals surface area contributed by atoms with E-state index in [2.05, 4.69) is 21.8 Å². The third-order valence-electron chi connectivity index (χ3n) is 2.83. The molecule has 0 aliphatic heterocycles. The summed E-state index contributed by atoms with van der Waals surface area (Å²) >= 11 is 0. The monoisotopic (exact) mass is 281 g/mol. The standard InChI is InChI=1S/C17H19N3O/c1-4-9-15-12-14(3)18-17(19-15)20(13-21-5-2)16-10-7-6-8-11-16/h6-8,10-12H,5,13H2,1-3H3. The lowest BCUT2D eigenvalue weighted by atomic mass is 10.3. The lowest BCUT2D eigenvalue weighted by Gasteiger charge is -2.22. The fraction of sp³-hybridized carbons (Fsp3) is 0.294. The Bertz CT molecular complexity index is 644. The molecular weight excluding hydrogens is 262 g/mol. The second-order valence-corrected chi connectivity index (χ2v) is 4.46. The minimum Gasteiger partial charge on any atom is -0.361 e. The summed E-state index contributed by atoms with van der Waals surface area (Å²) in [6.07, 6.45) is 0. The smallest absolute Gasteiger partial charge is 0.233 e. The van der Waals surface area contributed by atoms with E-state index in [1.807, 2.05) is 55.1 Å². The van der Waals surface area contributed by atoms with Crippen molar-refractivity contribution in [1.82, 2.24) is 9.97 Å². The summed E-state index contributed by atoms with van der Waals surface area (Å²) in [6.45, 7) is 6.75. The van der Waals surface area contributed by atoms with E-state index in [-0.39, 0.29) is 0 Å². The van der Waals surface area contributed by atoms with Crippen molar-refractivity contribution in [1.29, 1.82) is 0 Å². The van der Waals surface area contributed by atoms with E-state index in [0.717, 1.165) is 17.1 Å². The number of benzene rings is 1. The first-order chi connectivity index (χ1) is 10.2. The van der Waals surface area contributed by atoms with Crippen molar-refractivity contribution in [3.8, 4) is 11.8 Å². The Labute approximate surface area is 125 Å². The topological polar surface area (TPSA) is 38.2 Å². The minimum atomic E-state index is 0.406. The first-order valence-electron chi connectivity index (χ1n) is 6.93. The molecule has 0 saturated carbocycles. The summed E-state index contributed by atoms with van der Waals surface area (Å²) in [4.78, 5) is 11.0. The number of rotatable bonds is 5. The Kier molecular flexibility index (Phi) is 5.30. The molecule has 0 aliphatic carbocycles. The van der Waals surface area contributed by atoms with E-state index < -0.39 is 0 Å². The predicted molar refractivity (Wildman–Crippen MR) is 84.4 cm³/mol. The molecule has 0 unspecified atom stereocenters. The van der Waals surface area contributed by atoms with Crippen LogP contribution >= 0.6 is 0 Å². The normalized spacial score (nSPS) is 9.86. The van der Waals surface area contributed by atoms with E-state index >= 15 is 0 Å². The maximum Gasteiger partial charge on any atom is 0.233 e. The summed E-state index contributed by atoms with van der Waals surface area (Å²) in [5.41, 5.74) is 2.60. The molecule has 4 heteroatoms. The number of hydrogen-bond acceptors (Lipinski definition) is 4. The molecule has 21 heavy (non-hydrogen) atoms. The van der Waals surface area contributed by atoms with Crippen LogP contribution in [0.5, 0.6) is 0 Å². The van der Waals surface area contributed by atoms with Gasteiger partial charge in [-0.2, -0.15) is 0 Å². The molecule has 0 radical (unpaired) electrons. The highest BCUT2D eigenvalue weighted by molar-refractivity contribution is 5.57. The maximum atomic E-state index is 5.55. The van der Waals surface area contributed by atoms with Crippen molar-refractivity contribution in [3.05, 3.63) is 47.8 Å². The highest BCUT2D eigenvalue weighted by Gasteiger charge is 2.13. The van der Waals surface area contributed by atoms with E-state index in [4.69, 9.17) is 4.74 Å². The molecule has 108 valence electrons. The quantitative estimate of drug-likeness (QED) is 0.622. The van der Waals surface area contributed by atoms with Crippen LogP contribution in [-0.2, 0) is 4.74 Å². The van der Waals surface area contributed by atoms with Gasteiger partial charge in [-0.25, -0.2) is 9.97 Å². The Morgan fingerprint density at radius 3 is 2.62 bits per heavy atom. The number of hydrogen-bond donors (Lipinski definition) is 0. The molecule has 0 amide bonds. The van der Waals surface area contributed by atoms with Crippen molar-refractivity contribution in [3.63, 3.8) is 0 Å². The fourth-order valence-electron chi connectivity index (χ4n) is 1.90. The van der Waals surface area contributed by atoms with Crippen LogP contribution in [0.2, 0.25) is 0 Å². The Balaban J connectivity index is 2.42. The van der Waals surface area contributed by atoms with E-state index in [9.17, 15) is 0 Å². The van der Waals surface area contributed by atoms with Crippen LogP contribution in [-0.4, -0.2) is 23.3 Å². The Morgan fingerprint density at radius 1 is 1.19 bits per heavy atom.